The lowest BCUT2D eigenvalue weighted by Gasteiger charge is -2.24. The van der Waals surface area contributed by atoms with Crippen LogP contribution in [0.15, 0.2) is 60.7 Å². The van der Waals surface area contributed by atoms with Gasteiger partial charge in [0.2, 0.25) is 0 Å². The molecule has 0 spiro atoms. The Hall–Kier alpha value is -2.75. The van der Waals surface area contributed by atoms with Gasteiger partial charge in [0.05, 0.1) is 5.56 Å². The van der Waals surface area contributed by atoms with Crippen LogP contribution in [0.5, 0.6) is 0 Å². The molecule has 1 nitrogen and oxygen atoms in total. The van der Waals surface area contributed by atoms with Crippen LogP contribution in [0.1, 0.15) is 40.7 Å². The van der Waals surface area contributed by atoms with Crippen LogP contribution in [-0.4, -0.2) is 0 Å². The fraction of sp³-hybridized carbons (Fsp3) is 0.217. The molecule has 2 aliphatic carbocycles. The van der Waals surface area contributed by atoms with Gasteiger partial charge in [-0.2, -0.15) is 13.2 Å². The summed E-state index contributed by atoms with van der Waals surface area (Å²) in [5.41, 5.74) is 11.8. The first-order chi connectivity index (χ1) is 12.9. The standard InChI is InChI=1S/C23H18F3N/c24-23(25,26)19-8-4-3-7-18(19)22(11-12-22)20-10-9-16-15-6-2-1-5-14(15)13-17(16)21(20)27/h1-10H,11-13,27H2. The minimum absolute atomic E-state index is 0.347. The van der Waals surface area contributed by atoms with Crippen LogP contribution in [0.3, 0.4) is 0 Å². The number of nitrogen functional groups attached to an aromatic ring is 1. The summed E-state index contributed by atoms with van der Waals surface area (Å²) in [4.78, 5) is 0. The lowest BCUT2D eigenvalue weighted by atomic mass is 9.82. The van der Waals surface area contributed by atoms with Crippen LogP contribution >= 0.6 is 0 Å². The van der Waals surface area contributed by atoms with E-state index in [1.54, 1.807) is 12.1 Å². The number of nitrogens with two attached hydrogens (primary N) is 1. The third-order valence-corrected chi connectivity index (χ3v) is 6.05. The molecule has 136 valence electrons. The van der Waals surface area contributed by atoms with Gasteiger partial charge in [-0.15, -0.1) is 0 Å². The molecule has 1 fully saturated rings. The van der Waals surface area contributed by atoms with Crippen molar-refractivity contribution in [3.8, 4) is 11.1 Å². The van der Waals surface area contributed by atoms with Gasteiger partial charge in [0.15, 0.2) is 0 Å². The molecule has 2 aliphatic rings. The summed E-state index contributed by atoms with van der Waals surface area (Å²) in [6, 6.07) is 18.1. The Kier molecular flexibility index (Phi) is 3.27. The van der Waals surface area contributed by atoms with Crippen molar-refractivity contribution >= 4 is 5.69 Å². The van der Waals surface area contributed by atoms with Gasteiger partial charge in [-0.05, 0) is 52.3 Å². The molecule has 0 heterocycles. The van der Waals surface area contributed by atoms with Gasteiger partial charge in [0, 0.05) is 17.5 Å². The zero-order chi connectivity index (χ0) is 18.8. The number of alkyl halides is 3. The SMILES string of the molecule is Nc1c(C2(c3ccccc3C(F)(F)F)CC2)ccc2c1Cc1ccccc1-2. The first-order valence-electron chi connectivity index (χ1n) is 9.09. The third kappa shape index (κ3) is 2.32. The average Bonchev–Trinajstić information content (AvgIpc) is 3.36. The number of benzene rings is 3. The van der Waals surface area contributed by atoms with Crippen molar-refractivity contribution in [1.29, 1.82) is 0 Å². The second-order valence-corrected chi connectivity index (χ2v) is 7.51. The van der Waals surface area contributed by atoms with Crippen LogP contribution < -0.4 is 5.73 Å². The van der Waals surface area contributed by atoms with E-state index in [-0.39, 0.29) is 0 Å². The van der Waals surface area contributed by atoms with Gasteiger partial charge in [-0.25, -0.2) is 0 Å². The van der Waals surface area contributed by atoms with Gasteiger partial charge >= 0.3 is 6.18 Å². The molecule has 5 rings (SSSR count). The molecule has 27 heavy (non-hydrogen) atoms. The fourth-order valence-electron chi connectivity index (χ4n) is 4.61. The normalized spacial score (nSPS) is 16.7. The van der Waals surface area contributed by atoms with Crippen molar-refractivity contribution in [3.05, 3.63) is 88.5 Å². The minimum atomic E-state index is -4.37. The number of rotatable bonds is 2. The molecule has 0 bridgehead atoms. The summed E-state index contributed by atoms with van der Waals surface area (Å²) in [6.07, 6.45) is -2.25. The quantitative estimate of drug-likeness (QED) is 0.437. The monoisotopic (exact) mass is 365 g/mol. The Bertz CT molecular complexity index is 1060. The van der Waals surface area contributed by atoms with Crippen molar-refractivity contribution in [1.82, 2.24) is 0 Å². The van der Waals surface area contributed by atoms with E-state index in [4.69, 9.17) is 5.73 Å². The number of hydrogen-bond donors (Lipinski definition) is 1. The van der Waals surface area contributed by atoms with Crippen LogP contribution in [-0.2, 0) is 18.0 Å². The molecule has 3 aromatic carbocycles. The van der Waals surface area contributed by atoms with E-state index in [0.717, 1.165) is 23.1 Å². The highest BCUT2D eigenvalue weighted by atomic mass is 19.4. The van der Waals surface area contributed by atoms with E-state index in [2.05, 4.69) is 12.1 Å². The first kappa shape index (κ1) is 16.4. The Balaban J connectivity index is 1.67. The number of fused-ring (bicyclic) bond motifs is 3. The van der Waals surface area contributed by atoms with Crippen LogP contribution in [0.2, 0.25) is 0 Å². The highest BCUT2D eigenvalue weighted by molar-refractivity contribution is 5.83. The summed E-state index contributed by atoms with van der Waals surface area (Å²) in [5.74, 6) is 0. The Morgan fingerprint density at radius 3 is 2.22 bits per heavy atom. The predicted octanol–water partition coefficient (Wildman–Crippen LogP) is 5.94. The molecule has 0 aliphatic heterocycles. The molecular weight excluding hydrogens is 347 g/mol. The van der Waals surface area contributed by atoms with E-state index in [9.17, 15) is 13.2 Å². The predicted molar refractivity (Wildman–Crippen MR) is 101 cm³/mol. The molecule has 1 saturated carbocycles. The van der Waals surface area contributed by atoms with Gasteiger partial charge in [0.1, 0.15) is 0 Å². The topological polar surface area (TPSA) is 26.0 Å². The van der Waals surface area contributed by atoms with Gasteiger partial charge in [0.25, 0.3) is 0 Å². The summed E-state index contributed by atoms with van der Waals surface area (Å²) in [6.45, 7) is 0. The molecule has 0 unspecified atom stereocenters. The van der Waals surface area contributed by atoms with E-state index < -0.39 is 17.2 Å². The highest BCUT2D eigenvalue weighted by Gasteiger charge is 2.51. The van der Waals surface area contributed by atoms with Crippen LogP contribution in [0.25, 0.3) is 11.1 Å². The van der Waals surface area contributed by atoms with E-state index in [0.29, 0.717) is 24.1 Å². The second-order valence-electron chi connectivity index (χ2n) is 7.51. The Labute approximate surface area is 155 Å². The summed E-state index contributed by atoms with van der Waals surface area (Å²) in [5, 5.41) is 0. The van der Waals surface area contributed by atoms with Crippen molar-refractivity contribution in [2.24, 2.45) is 0 Å². The number of halogens is 3. The fourth-order valence-corrected chi connectivity index (χ4v) is 4.61. The first-order valence-corrected chi connectivity index (χ1v) is 9.09. The summed E-state index contributed by atoms with van der Waals surface area (Å²) in [7, 11) is 0. The molecule has 2 N–H and O–H groups in total. The highest BCUT2D eigenvalue weighted by Crippen LogP contribution is 2.59. The Morgan fingerprint density at radius 1 is 0.778 bits per heavy atom. The largest absolute Gasteiger partial charge is 0.416 e. The summed E-state index contributed by atoms with van der Waals surface area (Å²) < 4.78 is 40.8. The molecule has 0 radical (unpaired) electrons. The molecule has 0 saturated heterocycles. The lowest BCUT2D eigenvalue weighted by Crippen LogP contribution is -2.19. The maximum absolute atomic E-state index is 13.6. The van der Waals surface area contributed by atoms with Crippen molar-refractivity contribution in [2.75, 3.05) is 5.73 Å². The molecule has 0 amide bonds. The van der Waals surface area contributed by atoms with Crippen LogP contribution in [0.4, 0.5) is 18.9 Å². The van der Waals surface area contributed by atoms with Crippen LogP contribution in [0, 0.1) is 0 Å². The number of hydrogen-bond acceptors (Lipinski definition) is 1. The van der Waals surface area contributed by atoms with Gasteiger partial charge < -0.3 is 5.73 Å². The van der Waals surface area contributed by atoms with Gasteiger partial charge in [-0.3, -0.25) is 0 Å². The summed E-state index contributed by atoms with van der Waals surface area (Å²) >= 11 is 0. The zero-order valence-corrected chi connectivity index (χ0v) is 14.6. The molecular formula is C23H18F3N. The third-order valence-electron chi connectivity index (χ3n) is 6.05. The molecule has 3 aromatic rings. The lowest BCUT2D eigenvalue weighted by molar-refractivity contribution is -0.138. The van der Waals surface area contributed by atoms with E-state index >= 15 is 0 Å². The maximum Gasteiger partial charge on any atom is 0.416 e. The van der Waals surface area contributed by atoms with Crippen molar-refractivity contribution < 1.29 is 13.2 Å². The molecule has 4 heteroatoms. The molecule has 0 aromatic heterocycles. The molecule has 0 atom stereocenters. The minimum Gasteiger partial charge on any atom is -0.398 e. The van der Waals surface area contributed by atoms with Gasteiger partial charge in [-0.1, -0.05) is 54.6 Å². The number of anilines is 1. The maximum atomic E-state index is 13.6. The second kappa shape index (κ2) is 5.38. The van der Waals surface area contributed by atoms with E-state index in [1.165, 1.54) is 23.3 Å². The van der Waals surface area contributed by atoms with Crippen molar-refractivity contribution in [2.45, 2.75) is 30.9 Å². The van der Waals surface area contributed by atoms with E-state index in [1.807, 2.05) is 24.3 Å². The zero-order valence-electron chi connectivity index (χ0n) is 14.6. The average molecular weight is 365 g/mol. The Morgan fingerprint density at radius 2 is 1.48 bits per heavy atom. The smallest absolute Gasteiger partial charge is 0.398 e. The van der Waals surface area contributed by atoms with Crippen molar-refractivity contribution in [3.63, 3.8) is 0 Å².